The van der Waals surface area contributed by atoms with E-state index in [1.807, 2.05) is 0 Å². The number of fused-ring (bicyclic) bond motifs is 1. The van der Waals surface area contributed by atoms with Crippen LogP contribution in [0.1, 0.15) is 17.2 Å². The molecule has 21 heavy (non-hydrogen) atoms. The van der Waals surface area contributed by atoms with Crippen LogP contribution in [0.2, 0.25) is 0 Å². The van der Waals surface area contributed by atoms with E-state index in [4.69, 9.17) is 14.6 Å². The van der Waals surface area contributed by atoms with Gasteiger partial charge in [-0.2, -0.15) is 0 Å². The predicted octanol–water partition coefficient (Wildman–Crippen LogP) is 2.81. The maximum Gasteiger partial charge on any atom is 0.312 e. The highest BCUT2D eigenvalue weighted by molar-refractivity contribution is 7.19. The summed E-state index contributed by atoms with van der Waals surface area (Å²) in [6.45, 7) is 0. The number of hydrogen-bond donors (Lipinski definition) is 1. The lowest BCUT2D eigenvalue weighted by atomic mass is 10.0. The smallest absolute Gasteiger partial charge is 0.312 e. The number of ether oxygens (including phenoxy) is 2. The molecule has 1 N–H and O–H groups in total. The second-order valence-corrected chi connectivity index (χ2v) is 5.40. The fourth-order valence-corrected chi connectivity index (χ4v) is 3.26. The van der Waals surface area contributed by atoms with E-state index in [1.165, 1.54) is 20.3 Å². The Morgan fingerprint density at radius 2 is 2.14 bits per heavy atom. The number of carbonyl (C=O) groups excluding carboxylic acids is 1. The minimum absolute atomic E-state index is 0.0309. The third kappa shape index (κ3) is 2.69. The van der Waals surface area contributed by atoms with Crippen molar-refractivity contribution in [2.75, 3.05) is 14.2 Å². The number of aldehydes is 1. The van der Waals surface area contributed by atoms with Crippen molar-refractivity contribution in [1.82, 2.24) is 0 Å². The molecular formula is C14H13FO5S. The first kappa shape index (κ1) is 15.2. The second-order valence-electron chi connectivity index (χ2n) is 4.28. The highest BCUT2D eigenvalue weighted by Crippen LogP contribution is 2.41. The Bertz CT molecular complexity index is 694. The van der Waals surface area contributed by atoms with E-state index in [2.05, 4.69) is 0 Å². The van der Waals surface area contributed by atoms with Gasteiger partial charge in [0, 0.05) is 27.5 Å². The maximum absolute atomic E-state index is 14.4. The van der Waals surface area contributed by atoms with Crippen molar-refractivity contribution < 1.29 is 28.6 Å². The van der Waals surface area contributed by atoms with Gasteiger partial charge in [0.25, 0.3) is 0 Å². The van der Waals surface area contributed by atoms with Gasteiger partial charge in [0.1, 0.15) is 6.29 Å². The summed E-state index contributed by atoms with van der Waals surface area (Å²) in [5, 5.41) is 9.41. The predicted molar refractivity (Wildman–Crippen MR) is 75.9 cm³/mol. The summed E-state index contributed by atoms with van der Waals surface area (Å²) in [6.07, 6.45) is 0.388. The van der Waals surface area contributed by atoms with Gasteiger partial charge in [-0.1, -0.05) is 0 Å². The summed E-state index contributed by atoms with van der Waals surface area (Å²) in [5.74, 6) is -2.50. The average Bonchev–Trinajstić information content (AvgIpc) is 2.87. The molecule has 1 heterocycles. The number of thiophene rings is 1. The Labute approximate surface area is 123 Å². The van der Waals surface area contributed by atoms with E-state index in [1.54, 1.807) is 6.07 Å². The first-order valence-electron chi connectivity index (χ1n) is 6.03. The Balaban J connectivity index is 2.62. The molecule has 0 aliphatic heterocycles. The summed E-state index contributed by atoms with van der Waals surface area (Å²) in [6, 6.07) is 3.03. The minimum atomic E-state index is -1.12. The molecule has 2 rings (SSSR count). The highest BCUT2D eigenvalue weighted by Gasteiger charge is 2.24. The Morgan fingerprint density at radius 3 is 2.67 bits per heavy atom. The largest absolute Gasteiger partial charge is 0.493 e. The zero-order valence-electron chi connectivity index (χ0n) is 11.4. The number of methoxy groups -OCH3 is 2. The minimum Gasteiger partial charge on any atom is -0.493 e. The Morgan fingerprint density at radius 1 is 1.43 bits per heavy atom. The quantitative estimate of drug-likeness (QED) is 0.830. The third-order valence-electron chi connectivity index (χ3n) is 3.10. The van der Waals surface area contributed by atoms with Gasteiger partial charge in [-0.25, -0.2) is 4.39 Å². The van der Waals surface area contributed by atoms with Gasteiger partial charge in [-0.05, 0) is 6.07 Å². The van der Waals surface area contributed by atoms with Gasteiger partial charge < -0.3 is 19.4 Å². The summed E-state index contributed by atoms with van der Waals surface area (Å²) in [4.78, 5) is 22.2. The molecule has 0 radical (unpaired) electrons. The van der Waals surface area contributed by atoms with E-state index in [-0.39, 0.29) is 23.3 Å². The fourth-order valence-electron chi connectivity index (χ4n) is 2.07. The van der Waals surface area contributed by atoms with Crippen molar-refractivity contribution in [3.63, 3.8) is 0 Å². The van der Waals surface area contributed by atoms with Crippen molar-refractivity contribution >= 4 is 33.7 Å². The van der Waals surface area contributed by atoms with E-state index in [0.717, 1.165) is 11.3 Å². The monoisotopic (exact) mass is 312 g/mol. The number of hydrogen-bond acceptors (Lipinski definition) is 5. The summed E-state index contributed by atoms with van der Waals surface area (Å²) in [5.41, 5.74) is 0. The molecule has 1 unspecified atom stereocenters. The number of carboxylic acids is 1. The molecular weight excluding hydrogens is 299 g/mol. The van der Waals surface area contributed by atoms with Crippen LogP contribution in [0.5, 0.6) is 11.5 Å². The van der Waals surface area contributed by atoms with Crippen LogP contribution in [0.15, 0.2) is 12.1 Å². The molecule has 7 heteroatoms. The standard InChI is InChI=1S/C14H13FO5S/c1-19-9-6-11-8(12(15)13(9)20-2)5-10(21-11)7(3-4-16)14(17)18/h4-7H,3H2,1-2H3,(H,17,18). The fraction of sp³-hybridized carbons (Fsp3) is 0.286. The molecule has 112 valence electrons. The van der Waals surface area contributed by atoms with Gasteiger partial charge in [0.05, 0.1) is 20.1 Å². The zero-order valence-corrected chi connectivity index (χ0v) is 12.2. The van der Waals surface area contributed by atoms with Crippen molar-refractivity contribution in [1.29, 1.82) is 0 Å². The van der Waals surface area contributed by atoms with Gasteiger partial charge >= 0.3 is 5.97 Å². The number of rotatable bonds is 6. The number of carboxylic acid groups (broad SMARTS) is 1. The second kappa shape index (κ2) is 6.09. The van der Waals surface area contributed by atoms with Crippen LogP contribution in [0, 0.1) is 5.82 Å². The number of halogens is 1. The lowest BCUT2D eigenvalue weighted by molar-refractivity contribution is -0.139. The summed E-state index contributed by atoms with van der Waals surface area (Å²) in [7, 11) is 2.72. The SMILES string of the molecule is COc1cc2sc(C(CC=O)C(=O)O)cc2c(F)c1OC. The molecule has 0 bridgehead atoms. The topological polar surface area (TPSA) is 72.8 Å². The summed E-state index contributed by atoms with van der Waals surface area (Å²) >= 11 is 1.12. The molecule has 0 fully saturated rings. The lowest BCUT2D eigenvalue weighted by Crippen LogP contribution is -2.10. The Hall–Kier alpha value is -2.15. The van der Waals surface area contributed by atoms with E-state index in [9.17, 15) is 14.0 Å². The number of carbonyl (C=O) groups is 2. The first-order chi connectivity index (χ1) is 10.0. The lowest BCUT2D eigenvalue weighted by Gasteiger charge is -2.08. The molecule has 0 saturated carbocycles. The van der Waals surface area contributed by atoms with Crippen molar-refractivity contribution in [3.05, 3.63) is 22.8 Å². The van der Waals surface area contributed by atoms with Crippen LogP contribution in [-0.2, 0) is 9.59 Å². The molecule has 2 aromatic rings. The van der Waals surface area contributed by atoms with Crippen LogP contribution in [0.4, 0.5) is 4.39 Å². The normalized spacial score (nSPS) is 12.1. The molecule has 5 nitrogen and oxygen atoms in total. The van der Waals surface area contributed by atoms with Gasteiger partial charge in [-0.3, -0.25) is 4.79 Å². The number of benzene rings is 1. The van der Waals surface area contributed by atoms with Crippen LogP contribution in [-0.4, -0.2) is 31.6 Å². The Kier molecular flexibility index (Phi) is 4.42. The third-order valence-corrected chi connectivity index (χ3v) is 4.29. The van der Waals surface area contributed by atoms with Gasteiger partial charge in [0.2, 0.25) is 0 Å². The molecule has 0 aliphatic carbocycles. The molecule has 1 atom stereocenters. The summed E-state index contributed by atoms with van der Waals surface area (Å²) < 4.78 is 24.9. The molecule has 0 aliphatic rings. The molecule has 0 saturated heterocycles. The van der Waals surface area contributed by atoms with Crippen LogP contribution < -0.4 is 9.47 Å². The first-order valence-corrected chi connectivity index (χ1v) is 6.85. The zero-order chi connectivity index (χ0) is 15.6. The van der Waals surface area contributed by atoms with E-state index < -0.39 is 17.7 Å². The van der Waals surface area contributed by atoms with E-state index in [0.29, 0.717) is 15.9 Å². The van der Waals surface area contributed by atoms with Crippen LogP contribution in [0.3, 0.4) is 0 Å². The maximum atomic E-state index is 14.4. The molecule has 0 spiro atoms. The molecule has 1 aromatic heterocycles. The van der Waals surface area contributed by atoms with Crippen LogP contribution in [0.25, 0.3) is 10.1 Å². The van der Waals surface area contributed by atoms with Crippen molar-refractivity contribution in [3.8, 4) is 11.5 Å². The van der Waals surface area contributed by atoms with E-state index >= 15 is 0 Å². The van der Waals surface area contributed by atoms with Gasteiger partial charge in [0.15, 0.2) is 17.3 Å². The van der Waals surface area contributed by atoms with Gasteiger partial charge in [-0.15, -0.1) is 11.3 Å². The van der Waals surface area contributed by atoms with Crippen molar-refractivity contribution in [2.45, 2.75) is 12.3 Å². The van der Waals surface area contributed by atoms with Crippen LogP contribution >= 0.6 is 11.3 Å². The average molecular weight is 312 g/mol. The molecule has 0 amide bonds. The molecule has 1 aromatic carbocycles. The highest BCUT2D eigenvalue weighted by atomic mass is 32.1. The van der Waals surface area contributed by atoms with Crippen molar-refractivity contribution in [2.24, 2.45) is 0 Å². The number of aliphatic carboxylic acids is 1.